The molecule has 3 aromatic rings. The zero-order chi connectivity index (χ0) is 22.8. The predicted octanol–water partition coefficient (Wildman–Crippen LogP) is 5.40. The van der Waals surface area contributed by atoms with Crippen LogP contribution in [0, 0.1) is 0 Å². The first kappa shape index (κ1) is 21.2. The number of allylic oxidation sites excluding steroid dienone is 5. The summed E-state index contributed by atoms with van der Waals surface area (Å²) in [7, 11) is 0. The molecule has 0 bridgehead atoms. The minimum Gasteiger partial charge on any atom is -0.465 e. The minimum absolute atomic E-state index is 0.0114. The summed E-state index contributed by atoms with van der Waals surface area (Å²) in [5.41, 5.74) is 2.10. The Hall–Kier alpha value is -3.71. The number of rotatable bonds is 5. The zero-order valence-electron chi connectivity index (χ0n) is 17.5. The van der Waals surface area contributed by atoms with Crippen LogP contribution in [-0.2, 0) is 16.0 Å². The first-order valence-corrected chi connectivity index (χ1v) is 11.3. The molecule has 33 heavy (non-hydrogen) atoms. The van der Waals surface area contributed by atoms with Gasteiger partial charge in [-0.1, -0.05) is 36.4 Å². The number of hydrogen-bond donors (Lipinski definition) is 0. The molecular weight excluding hydrogens is 484 g/mol. The van der Waals surface area contributed by atoms with Crippen LogP contribution in [0.5, 0.6) is 0 Å². The quantitative estimate of drug-likeness (QED) is 0.345. The Morgan fingerprint density at radius 2 is 2.00 bits per heavy atom. The monoisotopic (exact) mass is 502 g/mol. The predicted molar refractivity (Wildman–Crippen MR) is 128 cm³/mol. The van der Waals surface area contributed by atoms with Gasteiger partial charge in [0.05, 0.1) is 23.3 Å². The van der Waals surface area contributed by atoms with Gasteiger partial charge < -0.3 is 14.0 Å². The first-order valence-electron chi connectivity index (χ1n) is 10.5. The van der Waals surface area contributed by atoms with E-state index in [1.807, 2.05) is 47.1 Å². The summed E-state index contributed by atoms with van der Waals surface area (Å²) in [6, 6.07) is 12.8. The van der Waals surface area contributed by atoms with Gasteiger partial charge in [0.25, 0.3) is 0 Å². The molecule has 7 heteroatoms. The molecular formula is C26H19BrN2O4. The van der Waals surface area contributed by atoms with Crippen LogP contribution in [0.2, 0.25) is 0 Å². The minimum atomic E-state index is -0.528. The molecule has 5 rings (SSSR count). The van der Waals surface area contributed by atoms with E-state index in [9.17, 15) is 9.59 Å². The van der Waals surface area contributed by atoms with Gasteiger partial charge in [0.15, 0.2) is 5.76 Å². The maximum atomic E-state index is 13.4. The summed E-state index contributed by atoms with van der Waals surface area (Å²) in [6.07, 6.45) is 11.9. The van der Waals surface area contributed by atoms with Crippen molar-refractivity contribution in [2.24, 2.45) is 0 Å². The molecule has 164 valence electrons. The molecule has 1 aliphatic heterocycles. The largest absolute Gasteiger partial charge is 0.465 e. The van der Waals surface area contributed by atoms with E-state index in [4.69, 9.17) is 9.47 Å². The summed E-state index contributed by atoms with van der Waals surface area (Å²) in [5.74, 6) is -0.0774. The maximum Gasteiger partial charge on any atom is 0.236 e. The van der Waals surface area contributed by atoms with E-state index in [1.54, 1.807) is 18.3 Å². The molecule has 0 saturated heterocycles. The van der Waals surface area contributed by atoms with E-state index >= 15 is 0 Å². The molecule has 0 N–H and O–H groups in total. The normalized spacial score (nSPS) is 15.2. The molecule has 1 aliphatic carbocycles. The number of pyridine rings is 2. The van der Waals surface area contributed by atoms with Gasteiger partial charge in [-0.2, -0.15) is 0 Å². The van der Waals surface area contributed by atoms with Crippen LogP contribution in [0.3, 0.4) is 0 Å². The fourth-order valence-corrected chi connectivity index (χ4v) is 4.24. The van der Waals surface area contributed by atoms with Crippen molar-refractivity contribution in [1.29, 1.82) is 0 Å². The van der Waals surface area contributed by atoms with Crippen molar-refractivity contribution in [1.82, 2.24) is 9.55 Å². The average Bonchev–Trinajstić information content (AvgIpc) is 2.86. The number of ether oxygens (including phenoxy) is 2. The number of nitrogens with zero attached hydrogens (tertiary/aromatic N) is 2. The van der Waals surface area contributed by atoms with Crippen LogP contribution < -0.4 is 5.43 Å². The summed E-state index contributed by atoms with van der Waals surface area (Å²) in [6.45, 7) is 0.390. The fraction of sp³-hybridized carbons (Fsp3) is 0.115. The Bertz CT molecular complexity index is 1450. The second-order valence-corrected chi connectivity index (χ2v) is 8.47. The molecule has 0 fully saturated rings. The Morgan fingerprint density at radius 1 is 1.12 bits per heavy atom. The number of hydrogen-bond acceptors (Lipinski definition) is 5. The van der Waals surface area contributed by atoms with E-state index in [-0.39, 0.29) is 16.8 Å². The fourth-order valence-electron chi connectivity index (χ4n) is 3.86. The molecule has 0 radical (unpaired) electrons. The first-order chi connectivity index (χ1) is 16.1. The second-order valence-electron chi connectivity index (χ2n) is 7.66. The standard InChI is InChI=1S/C26H19BrN2O4/c27-24-12-6-9-18(28-24)13-29-14-20(25(30)19-10-4-5-11-21(19)29)26(31)23-16-32-15-22(33-23)17-7-2-1-3-8-17/h1-2,4-7,9-12,14-16H,3,8,13H2. The number of aromatic nitrogens is 2. The number of benzene rings is 1. The highest BCUT2D eigenvalue weighted by Gasteiger charge is 2.25. The zero-order valence-corrected chi connectivity index (χ0v) is 19.1. The van der Waals surface area contributed by atoms with E-state index in [1.165, 1.54) is 12.5 Å². The second kappa shape index (κ2) is 9.03. The van der Waals surface area contributed by atoms with Crippen molar-refractivity contribution in [3.05, 3.63) is 123 Å². The number of para-hydroxylation sites is 1. The highest BCUT2D eigenvalue weighted by atomic mass is 79.9. The third-order valence-corrected chi connectivity index (χ3v) is 5.90. The third-order valence-electron chi connectivity index (χ3n) is 5.46. The molecule has 0 saturated carbocycles. The number of ketones is 1. The van der Waals surface area contributed by atoms with Crippen molar-refractivity contribution in [3.8, 4) is 0 Å². The molecule has 6 nitrogen and oxygen atoms in total. The number of carbonyl (C=O) groups excluding carboxylic acids is 1. The number of fused-ring (bicyclic) bond motifs is 1. The Morgan fingerprint density at radius 3 is 2.82 bits per heavy atom. The van der Waals surface area contributed by atoms with Gasteiger partial charge in [-0.3, -0.25) is 9.59 Å². The van der Waals surface area contributed by atoms with Crippen LogP contribution in [0.25, 0.3) is 10.9 Å². The summed E-state index contributed by atoms with van der Waals surface area (Å²) in [4.78, 5) is 31.1. The van der Waals surface area contributed by atoms with Crippen LogP contribution in [-0.4, -0.2) is 15.3 Å². The molecule has 2 aliphatic rings. The summed E-state index contributed by atoms with van der Waals surface area (Å²) in [5, 5.41) is 0.451. The van der Waals surface area contributed by atoms with Gasteiger partial charge in [-0.05, 0) is 58.6 Å². The SMILES string of the molecule is O=C(C1=COC=C(C2=CC=CCC2)O1)c1cn(Cc2cccc(Br)n2)c2ccccc2c1=O. The molecule has 2 aromatic heterocycles. The van der Waals surface area contributed by atoms with E-state index < -0.39 is 5.78 Å². The Kier molecular flexibility index (Phi) is 5.79. The van der Waals surface area contributed by atoms with Gasteiger partial charge >= 0.3 is 0 Å². The Balaban J connectivity index is 1.52. The summed E-state index contributed by atoms with van der Waals surface area (Å²) < 4.78 is 13.8. The highest BCUT2D eigenvalue weighted by Crippen LogP contribution is 2.27. The average molecular weight is 503 g/mol. The van der Waals surface area contributed by atoms with Crippen molar-refractivity contribution in [2.75, 3.05) is 0 Å². The van der Waals surface area contributed by atoms with Crippen molar-refractivity contribution in [3.63, 3.8) is 0 Å². The van der Waals surface area contributed by atoms with Crippen molar-refractivity contribution < 1.29 is 14.3 Å². The van der Waals surface area contributed by atoms with Gasteiger partial charge in [0.2, 0.25) is 17.0 Å². The smallest absolute Gasteiger partial charge is 0.236 e. The molecule has 3 heterocycles. The number of Topliss-reactive ketones (excluding diaryl/α,β-unsaturated/α-hetero) is 1. The maximum absolute atomic E-state index is 13.4. The van der Waals surface area contributed by atoms with E-state index in [2.05, 4.69) is 27.0 Å². The Labute approximate surface area is 198 Å². The summed E-state index contributed by atoms with van der Waals surface area (Å²) >= 11 is 3.39. The third kappa shape index (κ3) is 4.32. The highest BCUT2D eigenvalue weighted by molar-refractivity contribution is 9.10. The lowest BCUT2D eigenvalue weighted by atomic mass is 10.0. The molecule has 0 amide bonds. The molecule has 0 unspecified atom stereocenters. The molecule has 0 spiro atoms. The van der Waals surface area contributed by atoms with Gasteiger partial charge in [0.1, 0.15) is 17.1 Å². The van der Waals surface area contributed by atoms with Gasteiger partial charge in [0, 0.05) is 11.6 Å². The van der Waals surface area contributed by atoms with Crippen molar-refractivity contribution in [2.45, 2.75) is 19.4 Å². The number of carbonyl (C=O) groups is 1. The van der Waals surface area contributed by atoms with E-state index in [0.717, 1.165) is 29.6 Å². The molecule has 0 atom stereocenters. The lowest BCUT2D eigenvalue weighted by molar-refractivity contribution is 0.0932. The van der Waals surface area contributed by atoms with Gasteiger partial charge in [-0.25, -0.2) is 4.98 Å². The lowest BCUT2D eigenvalue weighted by Crippen LogP contribution is -2.22. The van der Waals surface area contributed by atoms with Crippen molar-refractivity contribution >= 4 is 32.6 Å². The van der Waals surface area contributed by atoms with Crippen LogP contribution in [0.1, 0.15) is 28.9 Å². The van der Waals surface area contributed by atoms with Gasteiger partial charge in [-0.15, -0.1) is 0 Å². The van der Waals surface area contributed by atoms with Crippen LogP contribution in [0.4, 0.5) is 0 Å². The lowest BCUT2D eigenvalue weighted by Gasteiger charge is -2.19. The topological polar surface area (TPSA) is 70.4 Å². The molecule has 1 aromatic carbocycles. The number of halogens is 1. The van der Waals surface area contributed by atoms with Crippen LogP contribution >= 0.6 is 15.9 Å². The van der Waals surface area contributed by atoms with E-state index in [0.29, 0.717) is 22.3 Å². The van der Waals surface area contributed by atoms with Crippen LogP contribution in [0.15, 0.2) is 106 Å².